The molecule has 2 heterocycles. The van der Waals surface area contributed by atoms with E-state index in [1.54, 1.807) is 0 Å². The van der Waals surface area contributed by atoms with Gasteiger partial charge < -0.3 is 4.57 Å². The first-order chi connectivity index (χ1) is 9.90. The van der Waals surface area contributed by atoms with Crippen molar-refractivity contribution >= 4 is 5.57 Å². The van der Waals surface area contributed by atoms with Gasteiger partial charge in [0.05, 0.1) is 0 Å². The van der Waals surface area contributed by atoms with Gasteiger partial charge in [-0.25, -0.2) is 0 Å². The quantitative estimate of drug-likeness (QED) is 0.827. The summed E-state index contributed by atoms with van der Waals surface area (Å²) in [5.41, 5.74) is 2.40. The van der Waals surface area contributed by atoms with Crippen LogP contribution < -0.4 is 0 Å². The van der Waals surface area contributed by atoms with Crippen LogP contribution in [0.2, 0.25) is 0 Å². The summed E-state index contributed by atoms with van der Waals surface area (Å²) in [6.45, 7) is 3.12. The molecule has 0 spiro atoms. The summed E-state index contributed by atoms with van der Waals surface area (Å²) >= 11 is 0. The van der Waals surface area contributed by atoms with Crippen LogP contribution in [0.4, 0.5) is 0 Å². The molecule has 1 aromatic carbocycles. The van der Waals surface area contributed by atoms with E-state index < -0.39 is 0 Å². The van der Waals surface area contributed by atoms with Crippen LogP contribution >= 0.6 is 0 Å². The van der Waals surface area contributed by atoms with Crippen molar-refractivity contribution in [2.75, 3.05) is 0 Å². The lowest BCUT2D eigenvalue weighted by Crippen LogP contribution is -2.10. The Hall–Kier alpha value is -1.90. The molecule has 2 aromatic rings. The highest BCUT2D eigenvalue weighted by Crippen LogP contribution is 2.24. The van der Waals surface area contributed by atoms with Crippen molar-refractivity contribution < 1.29 is 0 Å². The number of aryl methyl sites for hydroxylation is 1. The van der Waals surface area contributed by atoms with E-state index in [4.69, 9.17) is 0 Å². The van der Waals surface area contributed by atoms with Gasteiger partial charge in [0, 0.05) is 18.5 Å². The van der Waals surface area contributed by atoms with Gasteiger partial charge in [-0.05, 0) is 25.3 Å². The van der Waals surface area contributed by atoms with Crippen molar-refractivity contribution in [1.29, 1.82) is 0 Å². The minimum Gasteiger partial charge on any atom is -0.311 e. The molecule has 0 unspecified atom stereocenters. The first-order valence-corrected chi connectivity index (χ1v) is 7.54. The third kappa shape index (κ3) is 2.53. The molecule has 3 nitrogen and oxygen atoms in total. The van der Waals surface area contributed by atoms with E-state index in [-0.39, 0.29) is 0 Å². The Bertz CT molecular complexity index is 596. The van der Waals surface area contributed by atoms with Crippen LogP contribution in [-0.2, 0) is 13.0 Å². The van der Waals surface area contributed by atoms with Gasteiger partial charge in [-0.3, -0.25) is 0 Å². The Kier molecular flexibility index (Phi) is 3.95. The zero-order valence-electron chi connectivity index (χ0n) is 12.0. The number of benzene rings is 1. The van der Waals surface area contributed by atoms with Gasteiger partial charge in [-0.2, -0.15) is 0 Å². The van der Waals surface area contributed by atoms with Crippen molar-refractivity contribution in [3.8, 4) is 0 Å². The van der Waals surface area contributed by atoms with Crippen LogP contribution in [0.25, 0.3) is 5.57 Å². The van der Waals surface area contributed by atoms with Gasteiger partial charge in [0.25, 0.3) is 0 Å². The molecule has 0 radical (unpaired) electrons. The van der Waals surface area contributed by atoms with Crippen LogP contribution in [0.3, 0.4) is 0 Å². The minimum absolute atomic E-state index is 1.02. The van der Waals surface area contributed by atoms with Crippen molar-refractivity contribution in [2.45, 2.75) is 45.6 Å². The maximum Gasteiger partial charge on any atom is 0.164 e. The molecular weight excluding hydrogens is 246 g/mol. The Morgan fingerprint density at radius 2 is 1.85 bits per heavy atom. The molecule has 3 heteroatoms. The largest absolute Gasteiger partial charge is 0.311 e. The molecule has 1 aromatic heterocycles. The Morgan fingerprint density at radius 3 is 2.65 bits per heavy atom. The molecule has 20 heavy (non-hydrogen) atoms. The number of rotatable bonds is 2. The molecule has 104 valence electrons. The van der Waals surface area contributed by atoms with Gasteiger partial charge in [0.15, 0.2) is 5.82 Å². The van der Waals surface area contributed by atoms with Crippen molar-refractivity contribution in [1.82, 2.24) is 14.8 Å². The first kappa shape index (κ1) is 13.1. The van der Waals surface area contributed by atoms with E-state index in [0.29, 0.717) is 0 Å². The number of nitrogens with zero attached hydrogens (tertiary/aromatic N) is 3. The molecule has 1 aliphatic rings. The zero-order chi connectivity index (χ0) is 13.8. The predicted molar refractivity (Wildman–Crippen MR) is 81.4 cm³/mol. The van der Waals surface area contributed by atoms with Gasteiger partial charge >= 0.3 is 0 Å². The molecule has 0 bridgehead atoms. The van der Waals surface area contributed by atoms with E-state index in [2.05, 4.69) is 52.0 Å². The second kappa shape index (κ2) is 6.04. The number of aromatic nitrogens is 3. The van der Waals surface area contributed by atoms with Crippen LogP contribution in [0.15, 0.2) is 36.4 Å². The molecule has 1 aliphatic heterocycles. The standard InChI is InChI=1S/C17H21N3/c1-2-15(14-10-6-5-7-11-14)17-19-18-16-12-8-3-4-9-13-20(16)17/h2,5-7,10-11H,3-4,8-9,12-13H2,1H3. The fraction of sp³-hybridized carbons (Fsp3) is 0.412. The van der Waals surface area contributed by atoms with Crippen LogP contribution in [0.5, 0.6) is 0 Å². The summed E-state index contributed by atoms with van der Waals surface area (Å²) in [5.74, 6) is 2.17. The molecule has 0 fully saturated rings. The van der Waals surface area contributed by atoms with Crippen molar-refractivity contribution in [3.05, 3.63) is 53.6 Å². The number of hydrogen-bond donors (Lipinski definition) is 0. The predicted octanol–water partition coefficient (Wildman–Crippen LogP) is 3.85. The third-order valence-electron chi connectivity index (χ3n) is 3.97. The van der Waals surface area contributed by atoms with Crippen molar-refractivity contribution in [3.63, 3.8) is 0 Å². The Morgan fingerprint density at radius 1 is 1.05 bits per heavy atom. The number of fused-ring (bicyclic) bond motifs is 1. The van der Waals surface area contributed by atoms with E-state index in [1.165, 1.54) is 36.8 Å². The number of allylic oxidation sites excluding steroid dienone is 1. The minimum atomic E-state index is 1.02. The lowest BCUT2D eigenvalue weighted by Gasteiger charge is -2.15. The smallest absolute Gasteiger partial charge is 0.164 e. The molecule has 0 saturated carbocycles. The monoisotopic (exact) mass is 267 g/mol. The van der Waals surface area contributed by atoms with Gasteiger partial charge in [-0.15, -0.1) is 10.2 Å². The highest BCUT2D eigenvalue weighted by Gasteiger charge is 2.17. The van der Waals surface area contributed by atoms with Crippen LogP contribution in [-0.4, -0.2) is 14.8 Å². The average Bonchev–Trinajstić information content (AvgIpc) is 2.83. The fourth-order valence-electron chi connectivity index (χ4n) is 2.90. The summed E-state index contributed by atoms with van der Waals surface area (Å²) in [4.78, 5) is 0. The maximum absolute atomic E-state index is 4.47. The number of hydrogen-bond acceptors (Lipinski definition) is 2. The normalized spacial score (nSPS) is 16.4. The molecule has 0 amide bonds. The lowest BCUT2D eigenvalue weighted by molar-refractivity contribution is 0.513. The zero-order valence-corrected chi connectivity index (χ0v) is 12.0. The molecule has 0 atom stereocenters. The molecular formula is C17H21N3. The second-order valence-electron chi connectivity index (χ2n) is 5.32. The first-order valence-electron chi connectivity index (χ1n) is 7.54. The maximum atomic E-state index is 4.47. The SMILES string of the molecule is CC=C(c1ccccc1)c1nnc2n1CCCCCC2. The van der Waals surface area contributed by atoms with Gasteiger partial charge in [0.2, 0.25) is 0 Å². The molecule has 3 rings (SSSR count). The van der Waals surface area contributed by atoms with E-state index >= 15 is 0 Å². The van der Waals surface area contributed by atoms with Gasteiger partial charge in [-0.1, -0.05) is 49.2 Å². The topological polar surface area (TPSA) is 30.7 Å². The highest BCUT2D eigenvalue weighted by atomic mass is 15.3. The fourth-order valence-corrected chi connectivity index (χ4v) is 2.90. The molecule has 0 N–H and O–H groups in total. The summed E-state index contributed by atoms with van der Waals surface area (Å²) in [6, 6.07) is 10.5. The van der Waals surface area contributed by atoms with E-state index in [1.807, 2.05) is 6.07 Å². The summed E-state index contributed by atoms with van der Waals surface area (Å²) in [5, 5.41) is 8.90. The lowest BCUT2D eigenvalue weighted by atomic mass is 10.0. The average molecular weight is 267 g/mol. The highest BCUT2D eigenvalue weighted by molar-refractivity contribution is 5.76. The summed E-state index contributed by atoms with van der Waals surface area (Å²) in [7, 11) is 0. The molecule has 0 saturated heterocycles. The second-order valence-corrected chi connectivity index (χ2v) is 5.32. The summed E-state index contributed by atoms with van der Waals surface area (Å²) in [6.07, 6.45) is 8.29. The Balaban J connectivity index is 2.01. The Labute approximate surface area is 120 Å². The van der Waals surface area contributed by atoms with E-state index in [9.17, 15) is 0 Å². The van der Waals surface area contributed by atoms with Gasteiger partial charge in [0.1, 0.15) is 5.82 Å². The van der Waals surface area contributed by atoms with Crippen molar-refractivity contribution in [2.24, 2.45) is 0 Å². The summed E-state index contributed by atoms with van der Waals surface area (Å²) < 4.78 is 2.32. The van der Waals surface area contributed by atoms with Crippen LogP contribution in [0.1, 0.15) is 49.8 Å². The van der Waals surface area contributed by atoms with Crippen LogP contribution in [0, 0.1) is 0 Å². The molecule has 0 aliphatic carbocycles. The van der Waals surface area contributed by atoms with E-state index in [0.717, 1.165) is 24.6 Å². The third-order valence-corrected chi connectivity index (χ3v) is 3.97.